The number of ether oxygens (including phenoxy) is 2. The van der Waals surface area contributed by atoms with Gasteiger partial charge in [0.2, 0.25) is 11.7 Å². The zero-order valence-corrected chi connectivity index (χ0v) is 10.3. The molecule has 0 aliphatic rings. The van der Waals surface area contributed by atoms with Crippen LogP contribution in [0, 0.1) is 0 Å². The van der Waals surface area contributed by atoms with E-state index in [4.69, 9.17) is 19.7 Å². The van der Waals surface area contributed by atoms with Gasteiger partial charge in [0.1, 0.15) is 0 Å². The summed E-state index contributed by atoms with van der Waals surface area (Å²) >= 11 is 0. The van der Waals surface area contributed by atoms with Gasteiger partial charge in [-0.1, -0.05) is 5.16 Å². The molecule has 0 saturated carbocycles. The largest absolute Gasteiger partial charge is 0.493 e. The summed E-state index contributed by atoms with van der Waals surface area (Å²) in [7, 11) is 3.17. The Hall–Kier alpha value is -2.08. The Balaban J connectivity index is 2.31. The molecule has 18 heavy (non-hydrogen) atoms. The van der Waals surface area contributed by atoms with Crippen molar-refractivity contribution in [2.24, 2.45) is 5.73 Å². The molecule has 0 aliphatic heterocycles. The second-order valence-corrected chi connectivity index (χ2v) is 3.62. The van der Waals surface area contributed by atoms with Crippen LogP contribution in [-0.2, 0) is 6.42 Å². The summed E-state index contributed by atoms with van der Waals surface area (Å²) in [6, 6.07) is 5.45. The standard InChI is InChI=1S/C12H15N3O3/c1-16-9-4-3-8(7-10(9)17-2)12-14-11(5-6-13)18-15-12/h3-4,7H,5-6,13H2,1-2H3. The van der Waals surface area contributed by atoms with E-state index in [1.165, 1.54) is 0 Å². The molecule has 6 heteroatoms. The summed E-state index contributed by atoms with van der Waals surface area (Å²) in [5.74, 6) is 2.33. The van der Waals surface area contributed by atoms with Crippen LogP contribution in [0.2, 0.25) is 0 Å². The number of nitrogens with zero attached hydrogens (tertiary/aromatic N) is 2. The van der Waals surface area contributed by atoms with Crippen LogP contribution in [-0.4, -0.2) is 30.9 Å². The molecule has 2 aromatic rings. The van der Waals surface area contributed by atoms with Gasteiger partial charge in [-0.2, -0.15) is 4.98 Å². The van der Waals surface area contributed by atoms with Crippen molar-refractivity contribution in [2.45, 2.75) is 6.42 Å². The first-order valence-corrected chi connectivity index (χ1v) is 5.53. The molecule has 1 aromatic heterocycles. The van der Waals surface area contributed by atoms with Crippen molar-refractivity contribution in [3.8, 4) is 22.9 Å². The van der Waals surface area contributed by atoms with E-state index < -0.39 is 0 Å². The second-order valence-electron chi connectivity index (χ2n) is 3.62. The predicted octanol–water partition coefficient (Wildman–Crippen LogP) is 1.25. The van der Waals surface area contributed by atoms with Gasteiger partial charge in [0.15, 0.2) is 11.5 Å². The summed E-state index contributed by atoms with van der Waals surface area (Å²) in [6.45, 7) is 0.480. The molecule has 2 rings (SSSR count). The highest BCUT2D eigenvalue weighted by Gasteiger charge is 2.11. The van der Waals surface area contributed by atoms with E-state index in [-0.39, 0.29) is 0 Å². The topological polar surface area (TPSA) is 83.4 Å². The van der Waals surface area contributed by atoms with Crippen molar-refractivity contribution in [1.29, 1.82) is 0 Å². The fourth-order valence-corrected chi connectivity index (χ4v) is 1.57. The summed E-state index contributed by atoms with van der Waals surface area (Å²) in [5.41, 5.74) is 6.23. The van der Waals surface area contributed by atoms with Crippen molar-refractivity contribution in [1.82, 2.24) is 10.1 Å². The maximum absolute atomic E-state index is 5.43. The van der Waals surface area contributed by atoms with Gasteiger partial charge < -0.3 is 19.7 Å². The third-order valence-electron chi connectivity index (χ3n) is 2.47. The molecule has 0 saturated heterocycles. The van der Waals surface area contributed by atoms with Crippen LogP contribution in [0.15, 0.2) is 22.7 Å². The molecule has 0 fully saturated rings. The van der Waals surface area contributed by atoms with Crippen LogP contribution in [0.25, 0.3) is 11.4 Å². The molecule has 0 amide bonds. The highest BCUT2D eigenvalue weighted by Crippen LogP contribution is 2.31. The zero-order chi connectivity index (χ0) is 13.0. The van der Waals surface area contributed by atoms with E-state index >= 15 is 0 Å². The Bertz CT molecular complexity index is 525. The Labute approximate surface area is 105 Å². The SMILES string of the molecule is COc1ccc(-c2noc(CCN)n2)cc1OC. The number of hydrogen-bond acceptors (Lipinski definition) is 6. The molecule has 0 bridgehead atoms. The van der Waals surface area contributed by atoms with Gasteiger partial charge in [0, 0.05) is 18.5 Å². The smallest absolute Gasteiger partial charge is 0.228 e. The lowest BCUT2D eigenvalue weighted by Crippen LogP contribution is -2.02. The maximum Gasteiger partial charge on any atom is 0.228 e. The average Bonchev–Trinajstić information content (AvgIpc) is 2.87. The van der Waals surface area contributed by atoms with Gasteiger partial charge >= 0.3 is 0 Å². The Morgan fingerprint density at radius 2 is 2.00 bits per heavy atom. The molecule has 1 heterocycles. The lowest BCUT2D eigenvalue weighted by molar-refractivity contribution is 0.355. The minimum atomic E-state index is 0.480. The lowest BCUT2D eigenvalue weighted by Gasteiger charge is -2.07. The van der Waals surface area contributed by atoms with Crippen LogP contribution >= 0.6 is 0 Å². The van der Waals surface area contributed by atoms with Gasteiger partial charge in [0.25, 0.3) is 0 Å². The van der Waals surface area contributed by atoms with E-state index in [9.17, 15) is 0 Å². The highest BCUT2D eigenvalue weighted by molar-refractivity contribution is 5.60. The molecule has 0 atom stereocenters. The fourth-order valence-electron chi connectivity index (χ4n) is 1.57. The van der Waals surface area contributed by atoms with Crippen molar-refractivity contribution in [3.05, 3.63) is 24.1 Å². The molecular formula is C12H15N3O3. The molecule has 1 aromatic carbocycles. The number of methoxy groups -OCH3 is 2. The van der Waals surface area contributed by atoms with Crippen molar-refractivity contribution >= 4 is 0 Å². The summed E-state index contributed by atoms with van der Waals surface area (Å²) < 4.78 is 15.5. The summed E-state index contributed by atoms with van der Waals surface area (Å²) in [4.78, 5) is 4.25. The van der Waals surface area contributed by atoms with Gasteiger partial charge in [0.05, 0.1) is 14.2 Å². The second kappa shape index (κ2) is 5.50. The Kier molecular flexibility index (Phi) is 3.78. The number of rotatable bonds is 5. The molecule has 0 radical (unpaired) electrons. The average molecular weight is 249 g/mol. The van der Waals surface area contributed by atoms with Crippen molar-refractivity contribution < 1.29 is 14.0 Å². The monoisotopic (exact) mass is 249 g/mol. The first kappa shape index (κ1) is 12.4. The highest BCUT2D eigenvalue weighted by atomic mass is 16.5. The minimum absolute atomic E-state index is 0.480. The van der Waals surface area contributed by atoms with Gasteiger partial charge in [-0.3, -0.25) is 0 Å². The van der Waals surface area contributed by atoms with E-state index in [1.54, 1.807) is 26.4 Å². The van der Waals surface area contributed by atoms with Gasteiger partial charge in [-0.15, -0.1) is 0 Å². The Morgan fingerprint density at radius 3 is 2.67 bits per heavy atom. The summed E-state index contributed by atoms with van der Waals surface area (Å²) in [5, 5.41) is 3.90. The van der Waals surface area contributed by atoms with Crippen LogP contribution in [0.5, 0.6) is 11.5 Å². The molecule has 2 N–H and O–H groups in total. The third-order valence-corrected chi connectivity index (χ3v) is 2.47. The minimum Gasteiger partial charge on any atom is -0.493 e. The van der Waals surface area contributed by atoms with Gasteiger partial charge in [-0.05, 0) is 18.2 Å². The zero-order valence-electron chi connectivity index (χ0n) is 10.3. The van der Waals surface area contributed by atoms with E-state index in [1.807, 2.05) is 6.07 Å². The molecule has 6 nitrogen and oxygen atoms in total. The fraction of sp³-hybridized carbons (Fsp3) is 0.333. The van der Waals surface area contributed by atoms with Gasteiger partial charge in [-0.25, -0.2) is 0 Å². The van der Waals surface area contributed by atoms with Crippen LogP contribution in [0.1, 0.15) is 5.89 Å². The summed E-state index contributed by atoms with van der Waals surface area (Å²) in [6.07, 6.45) is 0.570. The van der Waals surface area contributed by atoms with Crippen molar-refractivity contribution in [2.75, 3.05) is 20.8 Å². The molecule has 96 valence electrons. The molecule has 0 aliphatic carbocycles. The van der Waals surface area contributed by atoms with E-state index in [0.717, 1.165) is 5.56 Å². The molecule has 0 spiro atoms. The molecule has 0 unspecified atom stereocenters. The van der Waals surface area contributed by atoms with Crippen LogP contribution in [0.3, 0.4) is 0 Å². The maximum atomic E-state index is 5.43. The number of aromatic nitrogens is 2. The third kappa shape index (κ3) is 2.43. The van der Waals surface area contributed by atoms with E-state index in [0.29, 0.717) is 36.2 Å². The number of benzene rings is 1. The lowest BCUT2D eigenvalue weighted by atomic mass is 10.2. The van der Waals surface area contributed by atoms with Crippen LogP contribution < -0.4 is 15.2 Å². The predicted molar refractivity (Wildman–Crippen MR) is 65.6 cm³/mol. The quantitative estimate of drug-likeness (QED) is 0.858. The van der Waals surface area contributed by atoms with Crippen LogP contribution in [0.4, 0.5) is 0 Å². The Morgan fingerprint density at radius 1 is 1.22 bits per heavy atom. The van der Waals surface area contributed by atoms with E-state index in [2.05, 4.69) is 10.1 Å². The number of hydrogen-bond donors (Lipinski definition) is 1. The first-order chi connectivity index (χ1) is 8.78. The normalized spacial score (nSPS) is 10.4. The first-order valence-electron chi connectivity index (χ1n) is 5.53. The molecular weight excluding hydrogens is 234 g/mol. The van der Waals surface area contributed by atoms with Crippen molar-refractivity contribution in [3.63, 3.8) is 0 Å². The number of nitrogens with two attached hydrogens (primary N) is 1.